The number of rotatable bonds is 6. The average molecular weight is 511 g/mol. The zero-order valence-electron chi connectivity index (χ0n) is 20.6. The smallest absolute Gasteiger partial charge is 0.254 e. The lowest BCUT2D eigenvalue weighted by Gasteiger charge is -2.40. The highest BCUT2D eigenvalue weighted by atomic mass is 35.5. The number of carbonyl (C=O) groups excluding carboxylic acids is 2. The molecule has 0 spiro atoms. The van der Waals surface area contributed by atoms with E-state index in [0.29, 0.717) is 29.5 Å². The number of thiophene rings is 1. The maximum Gasteiger partial charge on any atom is 0.254 e. The summed E-state index contributed by atoms with van der Waals surface area (Å²) < 4.78 is 6.08. The number of benzene rings is 2. The Kier molecular flexibility index (Phi) is 7.53. The molecule has 7 heteroatoms. The lowest BCUT2D eigenvalue weighted by Crippen LogP contribution is -2.53. The Morgan fingerprint density at radius 2 is 1.77 bits per heavy atom. The van der Waals surface area contributed by atoms with Crippen LogP contribution in [0, 0.1) is 6.92 Å². The molecule has 0 bridgehead atoms. The molecule has 1 unspecified atom stereocenters. The van der Waals surface area contributed by atoms with E-state index in [1.54, 1.807) is 28.4 Å². The van der Waals surface area contributed by atoms with Gasteiger partial charge in [0.2, 0.25) is 5.91 Å². The summed E-state index contributed by atoms with van der Waals surface area (Å²) in [6, 6.07) is 16.6. The summed E-state index contributed by atoms with van der Waals surface area (Å²) in [6.07, 6.45) is 0.803. The van der Waals surface area contributed by atoms with Crippen molar-refractivity contribution in [2.75, 3.05) is 19.7 Å². The minimum Gasteiger partial charge on any atom is -0.491 e. The van der Waals surface area contributed by atoms with E-state index in [1.807, 2.05) is 69.0 Å². The van der Waals surface area contributed by atoms with E-state index < -0.39 is 5.54 Å². The number of hydrogen-bond donors (Lipinski definition) is 0. The Bertz CT molecular complexity index is 1180. The molecule has 0 aliphatic carbocycles. The summed E-state index contributed by atoms with van der Waals surface area (Å²) in [5, 5.41) is 2.71. The Balaban J connectivity index is 1.55. The van der Waals surface area contributed by atoms with Gasteiger partial charge < -0.3 is 14.5 Å². The fourth-order valence-electron chi connectivity index (χ4n) is 4.27. The normalized spacial score (nSPS) is 15.5. The van der Waals surface area contributed by atoms with Gasteiger partial charge in [-0.25, -0.2) is 0 Å². The van der Waals surface area contributed by atoms with Crippen LogP contribution in [-0.4, -0.2) is 46.8 Å². The van der Waals surface area contributed by atoms with Crippen LogP contribution in [0.15, 0.2) is 60.0 Å². The molecule has 1 atom stereocenters. The van der Waals surface area contributed by atoms with Crippen molar-refractivity contribution >= 4 is 34.8 Å². The second-order valence-corrected chi connectivity index (χ2v) is 11.3. The highest BCUT2D eigenvalue weighted by Gasteiger charge is 2.36. The number of halogens is 1. The number of aryl methyl sites for hydroxylation is 1. The van der Waals surface area contributed by atoms with Gasteiger partial charge in [-0.05, 0) is 87.5 Å². The zero-order valence-corrected chi connectivity index (χ0v) is 22.2. The Hall–Kier alpha value is -2.83. The van der Waals surface area contributed by atoms with Crippen LogP contribution in [0.5, 0.6) is 5.75 Å². The van der Waals surface area contributed by atoms with E-state index in [9.17, 15) is 9.59 Å². The van der Waals surface area contributed by atoms with E-state index in [-0.39, 0.29) is 24.4 Å². The molecular formula is C28H31ClN2O3S. The molecule has 3 aromatic rings. The average Bonchev–Trinajstić information content (AvgIpc) is 3.30. The van der Waals surface area contributed by atoms with Crippen molar-refractivity contribution in [2.45, 2.75) is 45.7 Å². The van der Waals surface area contributed by atoms with Gasteiger partial charge in [0, 0.05) is 27.5 Å². The molecule has 184 valence electrons. The van der Waals surface area contributed by atoms with Gasteiger partial charge in [0.25, 0.3) is 5.91 Å². The number of hydrogen-bond acceptors (Lipinski definition) is 4. The van der Waals surface area contributed by atoms with Crippen molar-refractivity contribution in [3.8, 4) is 5.75 Å². The predicted molar refractivity (Wildman–Crippen MR) is 141 cm³/mol. The van der Waals surface area contributed by atoms with Crippen molar-refractivity contribution in [1.29, 1.82) is 0 Å². The van der Waals surface area contributed by atoms with E-state index >= 15 is 0 Å². The van der Waals surface area contributed by atoms with E-state index in [0.717, 1.165) is 17.5 Å². The number of amides is 2. The molecule has 1 aliphatic heterocycles. The molecule has 5 nitrogen and oxygen atoms in total. The molecule has 0 saturated heterocycles. The topological polar surface area (TPSA) is 49.9 Å². The molecule has 1 aliphatic rings. The van der Waals surface area contributed by atoms with Gasteiger partial charge in [0.05, 0.1) is 6.04 Å². The summed E-state index contributed by atoms with van der Waals surface area (Å²) in [5.74, 6) is 0.477. The van der Waals surface area contributed by atoms with Crippen LogP contribution >= 0.6 is 22.9 Å². The Morgan fingerprint density at radius 3 is 2.43 bits per heavy atom. The molecule has 1 aromatic heterocycles. The quantitative estimate of drug-likeness (QED) is 0.399. The SMILES string of the molecule is Cc1ccc(C(=O)N(CC(=O)N2CCc3sccc3C2COc2ccc(Cl)cc2)C(C)(C)C)cc1. The minimum absolute atomic E-state index is 0.00707. The van der Waals surface area contributed by atoms with Crippen molar-refractivity contribution in [1.82, 2.24) is 9.80 Å². The highest BCUT2D eigenvalue weighted by Crippen LogP contribution is 2.34. The predicted octanol–water partition coefficient (Wildman–Crippen LogP) is 6.16. The second-order valence-electron chi connectivity index (χ2n) is 9.85. The molecule has 2 heterocycles. The van der Waals surface area contributed by atoms with Gasteiger partial charge in [-0.2, -0.15) is 0 Å². The number of ether oxygens (including phenoxy) is 1. The standard InChI is InChI=1S/C28H31ClN2O3S/c1-19-5-7-20(8-6-19)27(33)31(28(2,3)4)17-26(32)30-15-13-25-23(14-16-35-25)24(30)18-34-22-11-9-21(29)10-12-22/h5-12,14,16,24H,13,15,17-18H2,1-4H3. The van der Waals surface area contributed by atoms with Crippen molar-refractivity contribution in [3.05, 3.63) is 86.6 Å². The summed E-state index contributed by atoms with van der Waals surface area (Å²) in [6.45, 7) is 8.80. The monoisotopic (exact) mass is 510 g/mol. The molecule has 0 N–H and O–H groups in total. The fourth-order valence-corrected chi connectivity index (χ4v) is 5.33. The highest BCUT2D eigenvalue weighted by molar-refractivity contribution is 7.10. The van der Waals surface area contributed by atoms with Gasteiger partial charge in [0.1, 0.15) is 18.9 Å². The summed E-state index contributed by atoms with van der Waals surface area (Å²) in [7, 11) is 0. The van der Waals surface area contributed by atoms with Crippen LogP contribution in [0.25, 0.3) is 0 Å². The van der Waals surface area contributed by atoms with Gasteiger partial charge in [0.15, 0.2) is 0 Å². The third-order valence-electron chi connectivity index (χ3n) is 6.28. The van der Waals surface area contributed by atoms with Crippen molar-refractivity contribution in [3.63, 3.8) is 0 Å². The van der Waals surface area contributed by atoms with Crippen LogP contribution < -0.4 is 4.74 Å². The molecule has 2 aromatic carbocycles. The summed E-state index contributed by atoms with van der Waals surface area (Å²) in [4.78, 5) is 31.9. The van der Waals surface area contributed by atoms with Crippen LogP contribution in [0.4, 0.5) is 0 Å². The molecular weight excluding hydrogens is 480 g/mol. The Labute approximate surface area is 216 Å². The third kappa shape index (κ3) is 5.88. The van der Waals surface area contributed by atoms with Crippen LogP contribution in [0.1, 0.15) is 53.2 Å². The largest absolute Gasteiger partial charge is 0.491 e. The van der Waals surface area contributed by atoms with Crippen molar-refractivity contribution < 1.29 is 14.3 Å². The maximum absolute atomic E-state index is 13.7. The van der Waals surface area contributed by atoms with Gasteiger partial charge in [-0.1, -0.05) is 29.3 Å². The van der Waals surface area contributed by atoms with Crippen molar-refractivity contribution in [2.24, 2.45) is 0 Å². The lowest BCUT2D eigenvalue weighted by molar-refractivity contribution is -0.136. The number of fused-ring (bicyclic) bond motifs is 1. The number of carbonyl (C=O) groups is 2. The fraction of sp³-hybridized carbons (Fsp3) is 0.357. The maximum atomic E-state index is 13.7. The number of nitrogens with zero attached hydrogens (tertiary/aromatic N) is 2. The molecule has 4 rings (SSSR count). The minimum atomic E-state index is -0.518. The Morgan fingerprint density at radius 1 is 1.09 bits per heavy atom. The van der Waals surface area contributed by atoms with Gasteiger partial charge >= 0.3 is 0 Å². The molecule has 2 amide bonds. The third-order valence-corrected chi connectivity index (χ3v) is 7.53. The summed E-state index contributed by atoms with van der Waals surface area (Å²) >= 11 is 7.71. The van der Waals surface area contributed by atoms with Gasteiger partial charge in [-0.3, -0.25) is 9.59 Å². The first-order valence-corrected chi connectivity index (χ1v) is 13.0. The van der Waals surface area contributed by atoms with E-state index in [1.165, 1.54) is 4.88 Å². The van der Waals surface area contributed by atoms with Crippen LogP contribution in [-0.2, 0) is 11.2 Å². The van der Waals surface area contributed by atoms with Gasteiger partial charge in [-0.15, -0.1) is 11.3 Å². The lowest BCUT2D eigenvalue weighted by atomic mass is 9.99. The first-order valence-electron chi connectivity index (χ1n) is 11.8. The first-order chi connectivity index (χ1) is 16.6. The van der Waals surface area contributed by atoms with E-state index in [4.69, 9.17) is 16.3 Å². The molecule has 0 saturated carbocycles. The molecule has 35 heavy (non-hydrogen) atoms. The van der Waals surface area contributed by atoms with Crippen LogP contribution in [0.2, 0.25) is 5.02 Å². The van der Waals surface area contributed by atoms with Crippen LogP contribution in [0.3, 0.4) is 0 Å². The molecule has 0 fully saturated rings. The molecule has 0 radical (unpaired) electrons. The first kappa shape index (κ1) is 25.3. The second kappa shape index (κ2) is 10.4. The summed E-state index contributed by atoms with van der Waals surface area (Å²) in [5.41, 5.74) is 2.27. The van der Waals surface area contributed by atoms with E-state index in [2.05, 4.69) is 11.4 Å². The zero-order chi connectivity index (χ0) is 25.2.